The number of thioether (sulfide) groups is 1. The van der Waals surface area contributed by atoms with Gasteiger partial charge < -0.3 is 10.2 Å². The molecule has 1 heterocycles. The molecule has 1 aromatic rings. The molecule has 0 aromatic heterocycles. The number of amides is 2. The molecule has 1 fully saturated rings. The maximum atomic E-state index is 11.4. The van der Waals surface area contributed by atoms with Gasteiger partial charge >= 0.3 is 0 Å². The monoisotopic (exact) mass is 283 g/mol. The summed E-state index contributed by atoms with van der Waals surface area (Å²) in [7, 11) is 0. The van der Waals surface area contributed by atoms with Crippen LogP contribution < -0.4 is 5.32 Å². The van der Waals surface area contributed by atoms with Gasteiger partial charge in [-0.1, -0.05) is 49.9 Å². The van der Waals surface area contributed by atoms with Crippen LogP contribution in [0.2, 0.25) is 0 Å². The Labute approximate surface area is 116 Å². The van der Waals surface area contributed by atoms with Crippen molar-refractivity contribution in [3.63, 3.8) is 0 Å². The third kappa shape index (κ3) is 4.34. The van der Waals surface area contributed by atoms with E-state index in [-0.39, 0.29) is 11.1 Å². The van der Waals surface area contributed by atoms with E-state index in [0.717, 1.165) is 17.3 Å². The molecular weight excluding hydrogens is 266 g/mol. The molecule has 104 valence electrons. The molecule has 1 saturated heterocycles. The first-order valence-electron chi connectivity index (χ1n) is 6.02. The number of aliphatic hydroxyl groups excluding tert-OH is 1. The van der Waals surface area contributed by atoms with Crippen LogP contribution in [0, 0.1) is 0 Å². The van der Waals surface area contributed by atoms with E-state index in [9.17, 15) is 9.59 Å². The first-order valence-corrected chi connectivity index (χ1v) is 6.90. The highest BCUT2D eigenvalue weighted by atomic mass is 32.2. The molecule has 3 N–H and O–H groups in total. The fraction of sp³-hybridized carbons (Fsp3) is 0.385. The van der Waals surface area contributed by atoms with Crippen LogP contribution in [0.4, 0.5) is 4.79 Å². The number of hydrogen-bond donors (Lipinski definition) is 3. The summed E-state index contributed by atoms with van der Waals surface area (Å²) in [5, 5.41) is 19.5. The summed E-state index contributed by atoms with van der Waals surface area (Å²) < 4.78 is 0. The number of hydrogen-bond acceptors (Lipinski definition) is 5. The standard InChI is InChI=1S/C11H11NO4S.C2H6/c13-9-8(17-11(16)12-9)5-6-2-1-3-7(4-6)10(14)15;1-2/h1-4,8,10,14-15H,5H2,(H,12,13,16);1-2H3. The van der Waals surface area contributed by atoms with E-state index in [4.69, 9.17) is 10.2 Å². The summed E-state index contributed by atoms with van der Waals surface area (Å²) in [5.74, 6) is -0.296. The summed E-state index contributed by atoms with van der Waals surface area (Å²) in [6.45, 7) is 4.00. The second-order valence-corrected chi connectivity index (χ2v) is 4.88. The van der Waals surface area contributed by atoms with E-state index in [1.807, 2.05) is 13.8 Å². The van der Waals surface area contributed by atoms with Gasteiger partial charge in [0.25, 0.3) is 5.24 Å². The fourth-order valence-corrected chi connectivity index (χ4v) is 2.48. The number of benzene rings is 1. The Hall–Kier alpha value is -1.37. The molecule has 6 heteroatoms. The zero-order chi connectivity index (χ0) is 14.4. The van der Waals surface area contributed by atoms with E-state index in [2.05, 4.69) is 5.32 Å². The average molecular weight is 283 g/mol. The Morgan fingerprint density at radius 2 is 2.00 bits per heavy atom. The van der Waals surface area contributed by atoms with Gasteiger partial charge in [-0.3, -0.25) is 14.9 Å². The highest BCUT2D eigenvalue weighted by Crippen LogP contribution is 2.23. The van der Waals surface area contributed by atoms with Crippen LogP contribution in [0.25, 0.3) is 0 Å². The second kappa shape index (κ2) is 7.28. The summed E-state index contributed by atoms with van der Waals surface area (Å²) in [4.78, 5) is 22.3. The van der Waals surface area contributed by atoms with Crippen LogP contribution in [-0.4, -0.2) is 26.6 Å². The Kier molecular flexibility index (Phi) is 6.01. The summed E-state index contributed by atoms with van der Waals surface area (Å²) >= 11 is 0.958. The molecule has 1 atom stereocenters. The lowest BCUT2D eigenvalue weighted by Crippen LogP contribution is -2.25. The van der Waals surface area contributed by atoms with Crippen molar-refractivity contribution in [3.8, 4) is 0 Å². The van der Waals surface area contributed by atoms with E-state index in [0.29, 0.717) is 12.0 Å². The molecule has 19 heavy (non-hydrogen) atoms. The smallest absolute Gasteiger partial charge is 0.286 e. The lowest BCUT2D eigenvalue weighted by molar-refractivity contribution is -0.118. The highest BCUT2D eigenvalue weighted by molar-refractivity contribution is 8.15. The van der Waals surface area contributed by atoms with Crippen molar-refractivity contribution in [2.24, 2.45) is 0 Å². The molecule has 0 radical (unpaired) electrons. The molecule has 2 rings (SSSR count). The number of imide groups is 1. The molecule has 5 nitrogen and oxygen atoms in total. The SMILES string of the molecule is CC.O=C1NC(=O)C(Cc2cccc(C(O)O)c2)S1. The molecule has 0 aliphatic carbocycles. The second-order valence-electron chi connectivity index (χ2n) is 3.71. The fourth-order valence-electron chi connectivity index (χ4n) is 1.62. The molecular formula is C13H17NO4S. The largest absolute Gasteiger partial charge is 0.364 e. The minimum absolute atomic E-state index is 0.296. The van der Waals surface area contributed by atoms with E-state index in [1.54, 1.807) is 24.3 Å². The van der Waals surface area contributed by atoms with Gasteiger partial charge in [-0.2, -0.15) is 0 Å². The van der Waals surface area contributed by atoms with Crippen molar-refractivity contribution >= 4 is 22.9 Å². The molecule has 0 spiro atoms. The van der Waals surface area contributed by atoms with Gasteiger partial charge in [-0.25, -0.2) is 0 Å². The lowest BCUT2D eigenvalue weighted by Gasteiger charge is -2.08. The van der Waals surface area contributed by atoms with Crippen molar-refractivity contribution in [2.45, 2.75) is 31.8 Å². The third-order valence-corrected chi connectivity index (χ3v) is 3.42. The third-order valence-electron chi connectivity index (χ3n) is 2.44. The summed E-state index contributed by atoms with van der Waals surface area (Å²) in [6.07, 6.45) is -1.13. The van der Waals surface area contributed by atoms with E-state index >= 15 is 0 Å². The Bertz CT molecular complexity index is 462. The van der Waals surface area contributed by atoms with Crippen LogP contribution in [0.3, 0.4) is 0 Å². The summed E-state index contributed by atoms with van der Waals surface area (Å²) in [5.41, 5.74) is 1.16. The van der Waals surface area contributed by atoms with Gasteiger partial charge in [0.2, 0.25) is 5.91 Å². The lowest BCUT2D eigenvalue weighted by atomic mass is 10.1. The van der Waals surface area contributed by atoms with Gasteiger partial charge in [-0.15, -0.1) is 0 Å². The van der Waals surface area contributed by atoms with Gasteiger partial charge in [0, 0.05) is 5.56 Å². The Morgan fingerprint density at radius 3 is 2.53 bits per heavy atom. The first-order chi connectivity index (χ1) is 9.06. The molecule has 1 aromatic carbocycles. The van der Waals surface area contributed by atoms with Gasteiger partial charge in [0.05, 0.1) is 5.25 Å². The van der Waals surface area contributed by atoms with Gasteiger partial charge in [0.1, 0.15) is 0 Å². The first kappa shape index (κ1) is 15.7. The zero-order valence-corrected chi connectivity index (χ0v) is 11.6. The normalized spacial score (nSPS) is 18.1. The molecule has 0 bridgehead atoms. The van der Waals surface area contributed by atoms with Crippen molar-refractivity contribution in [3.05, 3.63) is 35.4 Å². The zero-order valence-electron chi connectivity index (χ0n) is 10.8. The number of aliphatic hydroxyl groups is 2. The number of carbonyl (C=O) groups is 2. The van der Waals surface area contributed by atoms with E-state index < -0.39 is 11.5 Å². The van der Waals surface area contributed by atoms with Crippen molar-refractivity contribution in [2.75, 3.05) is 0 Å². The minimum atomic E-state index is -1.53. The van der Waals surface area contributed by atoms with Crippen LogP contribution >= 0.6 is 11.8 Å². The predicted octanol–water partition coefficient (Wildman–Crippen LogP) is 1.59. The molecule has 1 aliphatic rings. The molecule has 1 unspecified atom stereocenters. The van der Waals surface area contributed by atoms with Crippen molar-refractivity contribution in [1.29, 1.82) is 0 Å². The quantitative estimate of drug-likeness (QED) is 0.733. The van der Waals surface area contributed by atoms with Gasteiger partial charge in [-0.05, 0) is 12.0 Å². The molecule has 0 saturated carbocycles. The Balaban J connectivity index is 0.000000861. The maximum Gasteiger partial charge on any atom is 0.286 e. The van der Waals surface area contributed by atoms with Crippen LogP contribution in [0.5, 0.6) is 0 Å². The average Bonchev–Trinajstić information content (AvgIpc) is 2.70. The maximum absolute atomic E-state index is 11.4. The van der Waals surface area contributed by atoms with Gasteiger partial charge in [0.15, 0.2) is 6.29 Å². The minimum Gasteiger partial charge on any atom is -0.364 e. The molecule has 2 amide bonds. The van der Waals surface area contributed by atoms with Crippen molar-refractivity contribution < 1.29 is 19.8 Å². The number of nitrogens with one attached hydrogen (secondary N) is 1. The predicted molar refractivity (Wildman–Crippen MR) is 73.6 cm³/mol. The number of carbonyl (C=O) groups excluding carboxylic acids is 2. The topological polar surface area (TPSA) is 86.6 Å². The van der Waals surface area contributed by atoms with E-state index in [1.165, 1.54) is 0 Å². The van der Waals surface area contributed by atoms with Crippen LogP contribution in [0.15, 0.2) is 24.3 Å². The number of rotatable bonds is 3. The Morgan fingerprint density at radius 1 is 1.32 bits per heavy atom. The summed E-state index contributed by atoms with van der Waals surface area (Å²) in [6, 6.07) is 6.66. The van der Waals surface area contributed by atoms with Crippen molar-refractivity contribution in [1.82, 2.24) is 5.32 Å². The highest BCUT2D eigenvalue weighted by Gasteiger charge is 2.31. The molecule has 1 aliphatic heterocycles. The van der Waals surface area contributed by atoms with Crippen LogP contribution in [-0.2, 0) is 11.2 Å². The van der Waals surface area contributed by atoms with Crippen LogP contribution in [0.1, 0.15) is 31.3 Å².